The van der Waals surface area contributed by atoms with Gasteiger partial charge in [0.1, 0.15) is 11.5 Å². The maximum Gasteiger partial charge on any atom is 0.407 e. The maximum atomic E-state index is 11.1. The summed E-state index contributed by atoms with van der Waals surface area (Å²) in [4.78, 5) is 14.4. The Morgan fingerprint density at radius 1 is 1.16 bits per heavy atom. The lowest BCUT2D eigenvalue weighted by Gasteiger charge is -2.23. The van der Waals surface area contributed by atoms with Gasteiger partial charge in [-0.25, -0.2) is 9.48 Å². The van der Waals surface area contributed by atoms with E-state index in [1.54, 1.807) is 7.05 Å². The predicted octanol–water partition coefficient (Wildman–Crippen LogP) is 4.57. The zero-order valence-corrected chi connectivity index (χ0v) is 18.6. The van der Waals surface area contributed by atoms with Gasteiger partial charge in [0.2, 0.25) is 0 Å². The third-order valence-corrected chi connectivity index (χ3v) is 5.72. The van der Waals surface area contributed by atoms with Crippen LogP contribution < -0.4 is 4.74 Å². The van der Waals surface area contributed by atoms with Crippen molar-refractivity contribution in [3.8, 4) is 11.5 Å². The first-order valence-corrected chi connectivity index (χ1v) is 11.0. The van der Waals surface area contributed by atoms with Crippen LogP contribution in [0.3, 0.4) is 0 Å². The van der Waals surface area contributed by atoms with Gasteiger partial charge in [-0.05, 0) is 56.6 Å². The second kappa shape index (κ2) is 10.0. The average Bonchev–Trinajstić information content (AvgIpc) is 3.16. The third-order valence-electron chi connectivity index (χ3n) is 5.72. The Balaban J connectivity index is 1.61. The highest BCUT2D eigenvalue weighted by molar-refractivity contribution is 5.83. The Kier molecular flexibility index (Phi) is 6.92. The second-order valence-electron chi connectivity index (χ2n) is 8.25. The van der Waals surface area contributed by atoms with Gasteiger partial charge in [0, 0.05) is 38.7 Å². The number of hydrogen-bond acceptors (Lipinski definition) is 5. The van der Waals surface area contributed by atoms with Gasteiger partial charge >= 0.3 is 6.09 Å². The molecule has 1 unspecified atom stereocenters. The summed E-state index contributed by atoms with van der Waals surface area (Å²) in [5.74, 6) is 1.53. The smallest absolute Gasteiger partial charge is 0.407 e. The number of ether oxygens (including phenoxy) is 2. The van der Waals surface area contributed by atoms with Gasteiger partial charge in [-0.2, -0.15) is 5.10 Å². The molecule has 2 heterocycles. The molecule has 1 aromatic heterocycles. The molecule has 0 radical (unpaired) electrons. The quantitative estimate of drug-likeness (QED) is 0.555. The molecule has 1 fully saturated rings. The summed E-state index contributed by atoms with van der Waals surface area (Å²) < 4.78 is 14.1. The van der Waals surface area contributed by atoms with Crippen LogP contribution in [-0.4, -0.2) is 64.6 Å². The van der Waals surface area contributed by atoms with Crippen LogP contribution in [0.1, 0.15) is 31.2 Å². The molecule has 3 aromatic rings. The van der Waals surface area contributed by atoms with Crippen molar-refractivity contribution in [1.29, 1.82) is 0 Å². The summed E-state index contributed by atoms with van der Waals surface area (Å²) in [6.45, 7) is 2.38. The van der Waals surface area contributed by atoms with Gasteiger partial charge in [-0.3, -0.25) is 4.90 Å². The molecule has 0 bridgehead atoms. The molecule has 8 heteroatoms. The molecule has 1 saturated heterocycles. The van der Waals surface area contributed by atoms with Crippen molar-refractivity contribution in [2.75, 3.05) is 33.8 Å². The van der Waals surface area contributed by atoms with Crippen molar-refractivity contribution in [2.24, 2.45) is 0 Å². The van der Waals surface area contributed by atoms with Crippen LogP contribution in [0.2, 0.25) is 0 Å². The molecule has 1 atom stereocenters. The van der Waals surface area contributed by atoms with Crippen molar-refractivity contribution in [3.05, 3.63) is 54.2 Å². The Hall–Kier alpha value is -3.10. The summed E-state index contributed by atoms with van der Waals surface area (Å²) in [6.07, 6.45) is 2.15. The fourth-order valence-corrected chi connectivity index (χ4v) is 3.88. The highest BCUT2D eigenvalue weighted by Gasteiger charge is 2.22. The zero-order valence-electron chi connectivity index (χ0n) is 18.6. The molecule has 1 aliphatic heterocycles. The fourth-order valence-electron chi connectivity index (χ4n) is 3.88. The van der Waals surface area contributed by atoms with Crippen LogP contribution in [0.15, 0.2) is 48.5 Å². The van der Waals surface area contributed by atoms with E-state index >= 15 is 0 Å². The topological polar surface area (TPSA) is 80.1 Å². The van der Waals surface area contributed by atoms with Crippen molar-refractivity contribution in [3.63, 3.8) is 0 Å². The highest BCUT2D eigenvalue weighted by Crippen LogP contribution is 2.32. The van der Waals surface area contributed by atoms with E-state index in [4.69, 9.17) is 19.7 Å². The largest absolute Gasteiger partial charge is 0.465 e. The number of likely N-dealkylation sites (N-methyl/N-ethyl adjacent to an activating group) is 2. The summed E-state index contributed by atoms with van der Waals surface area (Å²) >= 11 is 0. The van der Waals surface area contributed by atoms with Crippen LogP contribution in [0, 0.1) is 0 Å². The number of aromatic nitrogens is 2. The molecule has 170 valence electrons. The minimum atomic E-state index is -0.926. The van der Waals surface area contributed by atoms with E-state index in [9.17, 15) is 4.79 Å². The van der Waals surface area contributed by atoms with E-state index in [0.717, 1.165) is 54.0 Å². The lowest BCUT2D eigenvalue weighted by atomic mass is 10.1. The lowest BCUT2D eigenvalue weighted by molar-refractivity contribution is -0.0370. The third kappa shape index (κ3) is 5.20. The molecule has 2 aromatic carbocycles. The number of carbonyl (C=O) groups is 1. The standard InChI is InChI=1S/C24H30N4O4/c1-26(13-14-27(2)24(29)30)17-21-20-16-19(32-18-8-4-3-5-9-18)11-12-22(20)28(25-21)23-10-6-7-15-31-23/h3-5,8-9,11-12,16,23H,6-7,10,13-15,17H2,1-2H3,(H,29,30). The molecule has 32 heavy (non-hydrogen) atoms. The predicted molar refractivity (Wildman–Crippen MR) is 122 cm³/mol. The molecular weight excluding hydrogens is 408 g/mol. The number of carboxylic acid groups (broad SMARTS) is 1. The van der Waals surface area contributed by atoms with E-state index in [1.165, 1.54) is 4.90 Å². The van der Waals surface area contributed by atoms with E-state index < -0.39 is 6.09 Å². The van der Waals surface area contributed by atoms with Gasteiger partial charge in [0.15, 0.2) is 6.23 Å². The van der Waals surface area contributed by atoms with Crippen LogP contribution >= 0.6 is 0 Å². The summed E-state index contributed by atoms with van der Waals surface area (Å²) in [6, 6.07) is 15.7. The normalized spacial score (nSPS) is 16.4. The number of amides is 1. The molecule has 8 nitrogen and oxygen atoms in total. The monoisotopic (exact) mass is 438 g/mol. The molecular formula is C24H30N4O4. The minimum Gasteiger partial charge on any atom is -0.465 e. The van der Waals surface area contributed by atoms with Gasteiger partial charge in [0.25, 0.3) is 0 Å². The Labute approximate surface area is 187 Å². The fraction of sp³-hybridized carbons (Fsp3) is 0.417. The minimum absolute atomic E-state index is 0.0654. The van der Waals surface area contributed by atoms with Gasteiger partial charge < -0.3 is 19.5 Å². The van der Waals surface area contributed by atoms with Crippen molar-refractivity contribution >= 4 is 17.0 Å². The molecule has 0 aliphatic carbocycles. The van der Waals surface area contributed by atoms with Crippen LogP contribution in [0.5, 0.6) is 11.5 Å². The zero-order chi connectivity index (χ0) is 22.5. The lowest BCUT2D eigenvalue weighted by Crippen LogP contribution is -2.33. The number of fused-ring (bicyclic) bond motifs is 1. The van der Waals surface area contributed by atoms with Crippen molar-refractivity contribution in [1.82, 2.24) is 19.6 Å². The van der Waals surface area contributed by atoms with Crippen LogP contribution in [0.25, 0.3) is 10.9 Å². The summed E-state index contributed by atoms with van der Waals surface area (Å²) in [5, 5.41) is 15.0. The van der Waals surface area contributed by atoms with E-state index in [-0.39, 0.29) is 6.23 Å². The Morgan fingerprint density at radius 2 is 1.97 bits per heavy atom. The number of benzene rings is 2. The molecule has 1 aliphatic rings. The summed E-state index contributed by atoms with van der Waals surface area (Å²) in [7, 11) is 3.55. The number of rotatable bonds is 8. The first-order chi connectivity index (χ1) is 15.5. The van der Waals surface area contributed by atoms with Gasteiger partial charge in [0.05, 0.1) is 11.2 Å². The van der Waals surface area contributed by atoms with Gasteiger partial charge in [-0.1, -0.05) is 18.2 Å². The highest BCUT2D eigenvalue weighted by atomic mass is 16.5. The SMILES string of the molecule is CN(CCN(C)C(=O)O)Cc1nn(C2CCCCO2)c2ccc(Oc3ccccc3)cc12. The van der Waals surface area contributed by atoms with E-state index in [2.05, 4.69) is 4.90 Å². The second-order valence-corrected chi connectivity index (χ2v) is 8.25. The average molecular weight is 439 g/mol. The molecule has 1 amide bonds. The molecule has 0 saturated carbocycles. The maximum absolute atomic E-state index is 11.1. The molecule has 0 spiro atoms. The first kappa shape index (κ1) is 22.1. The molecule has 4 rings (SSSR count). The van der Waals surface area contributed by atoms with E-state index in [0.29, 0.717) is 19.6 Å². The van der Waals surface area contributed by atoms with Crippen molar-refractivity contribution in [2.45, 2.75) is 32.0 Å². The summed E-state index contributed by atoms with van der Waals surface area (Å²) in [5.41, 5.74) is 1.94. The van der Waals surface area contributed by atoms with Crippen LogP contribution in [0.4, 0.5) is 4.79 Å². The molecule has 1 N–H and O–H groups in total. The van der Waals surface area contributed by atoms with Crippen molar-refractivity contribution < 1.29 is 19.4 Å². The van der Waals surface area contributed by atoms with Gasteiger partial charge in [-0.15, -0.1) is 0 Å². The van der Waals surface area contributed by atoms with Crippen LogP contribution in [-0.2, 0) is 11.3 Å². The first-order valence-electron chi connectivity index (χ1n) is 11.0. The number of para-hydroxylation sites is 1. The number of nitrogens with zero attached hydrogens (tertiary/aromatic N) is 4. The Bertz CT molecular complexity index is 1050. The Morgan fingerprint density at radius 3 is 2.69 bits per heavy atom. The van der Waals surface area contributed by atoms with E-state index in [1.807, 2.05) is 60.3 Å². The number of hydrogen-bond donors (Lipinski definition) is 1.